The van der Waals surface area contributed by atoms with Crippen LogP contribution in [0.2, 0.25) is 0 Å². The quantitative estimate of drug-likeness (QED) is 0.546. The standard InChI is InChI=1S/C14H21NO.C13H19NS/c1-12(2)13-5-3-6-14(11-13)15-7-4-9-16-10-8-15;1-11(2)12-4-3-5-13(10-12)14-6-8-15-9-7-14/h3,5-6,11-12H,4,7-10H2,1-2H3;3-5,10-11H,6-9H2,1-2H3. The normalized spacial score (nSPS) is 17.4. The lowest BCUT2D eigenvalue weighted by Gasteiger charge is -2.29. The van der Waals surface area contributed by atoms with Gasteiger partial charge in [-0.3, -0.25) is 0 Å². The predicted octanol–water partition coefficient (Wildman–Crippen LogP) is 6.40. The second kappa shape index (κ2) is 12.4. The van der Waals surface area contributed by atoms with Gasteiger partial charge in [0, 0.05) is 55.7 Å². The molecule has 3 nitrogen and oxygen atoms in total. The fourth-order valence-corrected chi connectivity index (χ4v) is 4.89. The van der Waals surface area contributed by atoms with Crippen LogP contribution in [0.5, 0.6) is 0 Å². The van der Waals surface area contributed by atoms with Crippen LogP contribution in [-0.4, -0.2) is 50.9 Å². The molecule has 0 aromatic heterocycles. The molecule has 2 aliphatic rings. The van der Waals surface area contributed by atoms with Gasteiger partial charge in [0.25, 0.3) is 0 Å². The van der Waals surface area contributed by atoms with E-state index >= 15 is 0 Å². The molecule has 0 amide bonds. The largest absolute Gasteiger partial charge is 0.380 e. The molecule has 0 atom stereocenters. The third kappa shape index (κ3) is 7.47. The molecule has 0 N–H and O–H groups in total. The highest BCUT2D eigenvalue weighted by atomic mass is 32.2. The van der Waals surface area contributed by atoms with Gasteiger partial charge >= 0.3 is 0 Å². The molecular weight excluding hydrogens is 400 g/mol. The van der Waals surface area contributed by atoms with E-state index in [0.29, 0.717) is 11.8 Å². The van der Waals surface area contributed by atoms with Gasteiger partial charge in [-0.2, -0.15) is 11.8 Å². The average Bonchev–Trinajstić information content (AvgIpc) is 3.10. The lowest BCUT2D eigenvalue weighted by Crippen LogP contribution is -2.32. The van der Waals surface area contributed by atoms with Gasteiger partial charge in [-0.25, -0.2) is 0 Å². The smallest absolute Gasteiger partial charge is 0.0641 e. The van der Waals surface area contributed by atoms with E-state index in [1.54, 1.807) is 0 Å². The molecule has 2 heterocycles. The summed E-state index contributed by atoms with van der Waals surface area (Å²) in [4.78, 5) is 4.93. The van der Waals surface area contributed by atoms with Gasteiger partial charge in [0.2, 0.25) is 0 Å². The van der Waals surface area contributed by atoms with Gasteiger partial charge in [0.05, 0.1) is 6.61 Å². The Morgan fingerprint density at radius 3 is 1.81 bits per heavy atom. The Bertz CT molecular complexity index is 778. The Morgan fingerprint density at radius 1 is 0.710 bits per heavy atom. The molecule has 0 radical (unpaired) electrons. The lowest BCUT2D eigenvalue weighted by atomic mass is 10.0. The fraction of sp³-hybridized carbons (Fsp3) is 0.556. The SMILES string of the molecule is CC(C)c1cccc(N2CCCOCC2)c1.CC(C)c1cccc(N2CCSCC2)c1. The molecule has 2 saturated heterocycles. The van der Waals surface area contributed by atoms with Crippen LogP contribution in [0.15, 0.2) is 48.5 Å². The van der Waals surface area contributed by atoms with Crippen LogP contribution in [-0.2, 0) is 4.74 Å². The maximum absolute atomic E-state index is 5.48. The van der Waals surface area contributed by atoms with Crippen LogP contribution in [0.4, 0.5) is 11.4 Å². The van der Waals surface area contributed by atoms with Crippen LogP contribution in [0.3, 0.4) is 0 Å². The molecule has 0 bridgehead atoms. The number of thioether (sulfide) groups is 1. The number of nitrogens with zero attached hydrogens (tertiary/aromatic N) is 2. The second-order valence-corrected chi connectivity index (χ2v) is 10.3. The van der Waals surface area contributed by atoms with E-state index in [-0.39, 0.29) is 0 Å². The predicted molar refractivity (Wildman–Crippen MR) is 138 cm³/mol. The summed E-state index contributed by atoms with van der Waals surface area (Å²) in [7, 11) is 0. The Labute approximate surface area is 194 Å². The zero-order chi connectivity index (χ0) is 22.1. The summed E-state index contributed by atoms with van der Waals surface area (Å²) in [6, 6.07) is 17.9. The minimum Gasteiger partial charge on any atom is -0.380 e. The highest BCUT2D eigenvalue weighted by Crippen LogP contribution is 2.24. The Morgan fingerprint density at radius 2 is 1.26 bits per heavy atom. The van der Waals surface area contributed by atoms with Crippen LogP contribution in [0.25, 0.3) is 0 Å². The molecule has 0 aliphatic carbocycles. The maximum atomic E-state index is 5.48. The van der Waals surface area contributed by atoms with E-state index in [2.05, 4.69) is 97.8 Å². The fourth-order valence-electron chi connectivity index (χ4n) is 3.99. The highest BCUT2D eigenvalue weighted by molar-refractivity contribution is 7.99. The summed E-state index contributed by atoms with van der Waals surface area (Å²) in [6.07, 6.45) is 1.13. The molecule has 31 heavy (non-hydrogen) atoms. The molecule has 0 spiro atoms. The summed E-state index contributed by atoms with van der Waals surface area (Å²) >= 11 is 2.06. The van der Waals surface area contributed by atoms with E-state index in [1.165, 1.54) is 47.1 Å². The Balaban J connectivity index is 0.000000176. The van der Waals surface area contributed by atoms with Crippen LogP contribution in [0, 0.1) is 0 Å². The third-order valence-corrected chi connectivity index (χ3v) is 6.98. The lowest BCUT2D eigenvalue weighted by molar-refractivity contribution is 0.152. The second-order valence-electron chi connectivity index (χ2n) is 9.05. The molecule has 0 unspecified atom stereocenters. The molecule has 4 rings (SSSR count). The number of rotatable bonds is 4. The highest BCUT2D eigenvalue weighted by Gasteiger charge is 2.12. The number of benzene rings is 2. The molecule has 2 aromatic rings. The summed E-state index contributed by atoms with van der Waals surface area (Å²) in [5, 5.41) is 0. The summed E-state index contributed by atoms with van der Waals surface area (Å²) in [5.41, 5.74) is 5.62. The minimum atomic E-state index is 0.600. The zero-order valence-corrected chi connectivity index (χ0v) is 20.7. The van der Waals surface area contributed by atoms with Gasteiger partial charge in [-0.1, -0.05) is 52.0 Å². The zero-order valence-electron chi connectivity index (χ0n) is 19.8. The first-order valence-corrected chi connectivity index (χ1v) is 13.1. The van der Waals surface area contributed by atoms with Crippen molar-refractivity contribution in [3.05, 3.63) is 59.7 Å². The van der Waals surface area contributed by atoms with E-state index in [0.717, 1.165) is 32.7 Å². The summed E-state index contributed by atoms with van der Waals surface area (Å²) in [6.45, 7) is 15.3. The van der Waals surface area contributed by atoms with Gasteiger partial charge in [0.1, 0.15) is 0 Å². The van der Waals surface area contributed by atoms with Crippen molar-refractivity contribution in [1.29, 1.82) is 0 Å². The average molecular weight is 441 g/mol. The van der Waals surface area contributed by atoms with Crippen molar-refractivity contribution in [1.82, 2.24) is 0 Å². The van der Waals surface area contributed by atoms with Crippen LogP contribution < -0.4 is 9.80 Å². The molecule has 0 saturated carbocycles. The van der Waals surface area contributed by atoms with Gasteiger partial charge in [-0.05, 0) is 53.6 Å². The van der Waals surface area contributed by atoms with Crippen molar-refractivity contribution in [2.24, 2.45) is 0 Å². The summed E-state index contributed by atoms with van der Waals surface area (Å²) < 4.78 is 5.48. The monoisotopic (exact) mass is 440 g/mol. The molecule has 2 fully saturated rings. The molecule has 2 aromatic carbocycles. The first-order valence-electron chi connectivity index (χ1n) is 11.9. The van der Waals surface area contributed by atoms with E-state index in [4.69, 9.17) is 4.74 Å². The van der Waals surface area contributed by atoms with Crippen molar-refractivity contribution >= 4 is 23.1 Å². The van der Waals surface area contributed by atoms with E-state index in [1.807, 2.05) is 0 Å². The van der Waals surface area contributed by atoms with Gasteiger partial charge < -0.3 is 14.5 Å². The van der Waals surface area contributed by atoms with E-state index < -0.39 is 0 Å². The van der Waals surface area contributed by atoms with Gasteiger partial charge in [0.15, 0.2) is 0 Å². The van der Waals surface area contributed by atoms with Gasteiger partial charge in [-0.15, -0.1) is 0 Å². The Hall–Kier alpha value is -1.65. The third-order valence-electron chi connectivity index (χ3n) is 6.04. The maximum Gasteiger partial charge on any atom is 0.0641 e. The Kier molecular flexibility index (Phi) is 9.60. The molecular formula is C27H40N2OS. The molecule has 170 valence electrons. The van der Waals surface area contributed by atoms with Crippen molar-refractivity contribution < 1.29 is 4.74 Å². The van der Waals surface area contributed by atoms with Crippen LogP contribution >= 0.6 is 11.8 Å². The number of anilines is 2. The van der Waals surface area contributed by atoms with Crippen molar-refractivity contribution in [3.8, 4) is 0 Å². The van der Waals surface area contributed by atoms with Crippen molar-refractivity contribution in [2.75, 3.05) is 60.7 Å². The first-order chi connectivity index (χ1) is 15.0. The number of hydrogen-bond donors (Lipinski definition) is 0. The number of hydrogen-bond acceptors (Lipinski definition) is 4. The minimum absolute atomic E-state index is 0.600. The number of ether oxygens (including phenoxy) is 1. The molecule has 4 heteroatoms. The first kappa shape index (κ1) is 24.0. The topological polar surface area (TPSA) is 15.7 Å². The van der Waals surface area contributed by atoms with Crippen LogP contribution in [0.1, 0.15) is 57.1 Å². The summed E-state index contributed by atoms with van der Waals surface area (Å²) in [5.74, 6) is 3.77. The van der Waals surface area contributed by atoms with Crippen molar-refractivity contribution in [2.45, 2.75) is 46.0 Å². The van der Waals surface area contributed by atoms with Crippen molar-refractivity contribution in [3.63, 3.8) is 0 Å². The molecule has 2 aliphatic heterocycles. The van der Waals surface area contributed by atoms with E-state index in [9.17, 15) is 0 Å².